The fraction of sp³-hybridized carbons (Fsp3) is 0.174. The van der Waals surface area contributed by atoms with E-state index in [1.54, 1.807) is 12.1 Å². The maximum Gasteiger partial charge on any atom is 0.434 e. The van der Waals surface area contributed by atoms with Crippen LogP contribution in [0.1, 0.15) is 24.1 Å². The zero-order valence-electron chi connectivity index (χ0n) is 17.5. The van der Waals surface area contributed by atoms with Gasteiger partial charge in [0.2, 0.25) is 0 Å². The number of carbonyl (C=O) groups is 1. The fourth-order valence-electron chi connectivity index (χ4n) is 3.52. The molecule has 0 fully saturated rings. The van der Waals surface area contributed by atoms with Gasteiger partial charge in [-0.3, -0.25) is 9.36 Å². The standard InChI is InChI=1S/C23H16ClF3N2O4S/c1-2-33-21(32)17-18(13-5-7-14(24)8-6-13)29-20(31)16(11-12-3-9-15(30)10-4-12)34-22(29)28-19(17)23(25,26)27/h3-11,18,30H,2H2,1H3/b16-11-/t18-/m0/s1. The van der Waals surface area contributed by atoms with Crippen molar-refractivity contribution >= 4 is 35.0 Å². The summed E-state index contributed by atoms with van der Waals surface area (Å²) < 4.78 is 48.2. The van der Waals surface area contributed by atoms with Gasteiger partial charge in [0.1, 0.15) is 5.75 Å². The second-order valence-electron chi connectivity index (χ2n) is 7.21. The minimum absolute atomic E-state index is 0.0234. The highest BCUT2D eigenvalue weighted by Gasteiger charge is 2.45. The van der Waals surface area contributed by atoms with Crippen LogP contribution in [0.5, 0.6) is 5.75 Å². The van der Waals surface area contributed by atoms with Crippen molar-refractivity contribution < 1.29 is 27.8 Å². The van der Waals surface area contributed by atoms with E-state index >= 15 is 0 Å². The lowest BCUT2D eigenvalue weighted by molar-refractivity contribution is -0.140. The molecular formula is C23H16ClF3N2O4S. The summed E-state index contributed by atoms with van der Waals surface area (Å²) in [6.45, 7) is 1.31. The highest BCUT2D eigenvalue weighted by Crippen LogP contribution is 2.38. The first-order valence-electron chi connectivity index (χ1n) is 9.95. The number of allylic oxidation sites excluding steroid dienone is 1. The maximum atomic E-state index is 14.0. The van der Waals surface area contributed by atoms with Crippen molar-refractivity contribution in [2.45, 2.75) is 19.1 Å². The smallest absolute Gasteiger partial charge is 0.434 e. The van der Waals surface area contributed by atoms with Crippen LogP contribution in [0.2, 0.25) is 5.02 Å². The van der Waals surface area contributed by atoms with E-state index in [-0.39, 0.29) is 27.3 Å². The Labute approximate surface area is 199 Å². The number of nitrogens with zero attached hydrogens (tertiary/aromatic N) is 2. The number of aromatic nitrogens is 1. The number of phenols is 1. The number of carbonyl (C=O) groups excluding carboxylic acids is 1. The normalized spacial score (nSPS) is 16.3. The Morgan fingerprint density at radius 3 is 2.44 bits per heavy atom. The van der Waals surface area contributed by atoms with Crippen LogP contribution < -0.4 is 14.9 Å². The molecule has 1 aliphatic rings. The predicted molar refractivity (Wildman–Crippen MR) is 120 cm³/mol. The summed E-state index contributed by atoms with van der Waals surface area (Å²) in [7, 11) is 0. The Morgan fingerprint density at radius 2 is 1.85 bits per heavy atom. The number of esters is 1. The molecule has 3 aromatic rings. The van der Waals surface area contributed by atoms with Crippen LogP contribution in [0.3, 0.4) is 0 Å². The zero-order chi connectivity index (χ0) is 24.6. The molecule has 0 bridgehead atoms. The molecule has 2 aromatic carbocycles. The van der Waals surface area contributed by atoms with Crippen LogP contribution >= 0.6 is 22.9 Å². The van der Waals surface area contributed by atoms with E-state index in [0.717, 1.165) is 15.9 Å². The van der Waals surface area contributed by atoms with Crippen molar-refractivity contribution in [2.24, 2.45) is 4.99 Å². The fourth-order valence-corrected chi connectivity index (χ4v) is 4.65. The monoisotopic (exact) mass is 508 g/mol. The van der Waals surface area contributed by atoms with Crippen molar-refractivity contribution in [3.63, 3.8) is 0 Å². The van der Waals surface area contributed by atoms with Crippen molar-refractivity contribution in [1.82, 2.24) is 4.57 Å². The van der Waals surface area contributed by atoms with Gasteiger partial charge in [0.25, 0.3) is 5.56 Å². The third kappa shape index (κ3) is 4.51. The quantitative estimate of drug-likeness (QED) is 0.545. The largest absolute Gasteiger partial charge is 0.508 e. The third-order valence-corrected chi connectivity index (χ3v) is 6.21. The van der Waals surface area contributed by atoms with Gasteiger partial charge < -0.3 is 9.84 Å². The summed E-state index contributed by atoms with van der Waals surface area (Å²) in [6, 6.07) is 10.3. The van der Waals surface area contributed by atoms with Gasteiger partial charge in [0.05, 0.1) is 22.8 Å². The van der Waals surface area contributed by atoms with Crippen LogP contribution in [-0.2, 0) is 9.53 Å². The van der Waals surface area contributed by atoms with Crippen molar-refractivity contribution in [2.75, 3.05) is 6.61 Å². The minimum atomic E-state index is -4.97. The summed E-state index contributed by atoms with van der Waals surface area (Å²) >= 11 is 6.71. The summed E-state index contributed by atoms with van der Waals surface area (Å²) in [5.41, 5.74) is -2.03. The molecule has 34 heavy (non-hydrogen) atoms. The second-order valence-corrected chi connectivity index (χ2v) is 8.65. The van der Waals surface area contributed by atoms with Gasteiger partial charge in [-0.2, -0.15) is 13.2 Å². The first kappa shape index (κ1) is 23.8. The maximum absolute atomic E-state index is 14.0. The number of fused-ring (bicyclic) bond motifs is 1. The first-order chi connectivity index (χ1) is 16.1. The molecule has 4 rings (SSSR count). The minimum Gasteiger partial charge on any atom is -0.508 e. The third-order valence-electron chi connectivity index (χ3n) is 4.97. The van der Waals surface area contributed by atoms with Gasteiger partial charge in [-0.1, -0.05) is 47.2 Å². The molecule has 0 radical (unpaired) electrons. The number of halogens is 4. The molecule has 1 aliphatic heterocycles. The highest BCUT2D eigenvalue weighted by molar-refractivity contribution is 7.07. The van der Waals surface area contributed by atoms with E-state index in [2.05, 4.69) is 4.99 Å². The summed E-state index contributed by atoms with van der Waals surface area (Å²) in [4.78, 5) is 29.6. The van der Waals surface area contributed by atoms with Crippen LogP contribution in [0.25, 0.3) is 6.08 Å². The Morgan fingerprint density at radius 1 is 1.21 bits per heavy atom. The van der Waals surface area contributed by atoms with Gasteiger partial charge in [-0.15, -0.1) is 0 Å². The van der Waals surface area contributed by atoms with Crippen LogP contribution in [0.15, 0.2) is 69.6 Å². The zero-order valence-corrected chi connectivity index (χ0v) is 19.0. The molecule has 1 N–H and O–H groups in total. The first-order valence-corrected chi connectivity index (χ1v) is 11.1. The number of hydrogen-bond acceptors (Lipinski definition) is 6. The topological polar surface area (TPSA) is 80.9 Å². The summed E-state index contributed by atoms with van der Waals surface area (Å²) in [5, 5.41) is 9.80. The molecule has 0 spiro atoms. The molecular weight excluding hydrogens is 493 g/mol. The van der Waals surface area contributed by atoms with Crippen LogP contribution in [0, 0.1) is 0 Å². The predicted octanol–water partition coefficient (Wildman–Crippen LogP) is 3.70. The molecule has 0 amide bonds. The molecule has 0 unspecified atom stereocenters. The molecule has 1 aromatic heterocycles. The number of aromatic hydroxyl groups is 1. The van der Waals surface area contributed by atoms with Gasteiger partial charge in [0, 0.05) is 5.02 Å². The number of alkyl halides is 3. The molecule has 2 heterocycles. The van der Waals surface area contributed by atoms with E-state index in [4.69, 9.17) is 16.3 Å². The summed E-state index contributed by atoms with van der Waals surface area (Å²) in [6.07, 6.45) is -3.50. The van der Waals surface area contributed by atoms with Gasteiger partial charge >= 0.3 is 12.1 Å². The summed E-state index contributed by atoms with van der Waals surface area (Å²) in [5.74, 6) is -1.19. The number of ether oxygens (including phenoxy) is 1. The Kier molecular flexibility index (Phi) is 6.37. The Hall–Kier alpha value is -3.37. The Balaban J connectivity index is 2.04. The van der Waals surface area contributed by atoms with E-state index < -0.39 is 35.0 Å². The molecule has 176 valence electrons. The molecule has 0 saturated heterocycles. The number of rotatable bonds is 4. The van der Waals surface area contributed by atoms with E-state index in [0.29, 0.717) is 10.6 Å². The van der Waals surface area contributed by atoms with Gasteiger partial charge in [-0.05, 0) is 48.4 Å². The van der Waals surface area contributed by atoms with Crippen LogP contribution in [-0.4, -0.2) is 28.4 Å². The number of thiazole rings is 1. The van der Waals surface area contributed by atoms with Crippen molar-refractivity contribution in [1.29, 1.82) is 0 Å². The number of phenolic OH excluding ortho intramolecular Hbond substituents is 1. The second kappa shape index (κ2) is 9.11. The highest BCUT2D eigenvalue weighted by atomic mass is 35.5. The molecule has 6 nitrogen and oxygen atoms in total. The Bertz CT molecular complexity index is 1460. The molecule has 11 heteroatoms. The molecule has 0 saturated carbocycles. The lowest BCUT2D eigenvalue weighted by Crippen LogP contribution is -2.41. The van der Waals surface area contributed by atoms with Gasteiger partial charge in [-0.25, -0.2) is 9.79 Å². The molecule has 1 atom stereocenters. The van der Waals surface area contributed by atoms with E-state index in [1.165, 1.54) is 49.4 Å². The van der Waals surface area contributed by atoms with Crippen molar-refractivity contribution in [3.8, 4) is 5.75 Å². The number of hydrogen-bond donors (Lipinski definition) is 1. The average molecular weight is 509 g/mol. The lowest BCUT2D eigenvalue weighted by Gasteiger charge is -2.26. The lowest BCUT2D eigenvalue weighted by atomic mass is 9.95. The average Bonchev–Trinajstić information content (AvgIpc) is 3.09. The van der Waals surface area contributed by atoms with Gasteiger partial charge in [0.15, 0.2) is 10.5 Å². The molecule has 0 aliphatic carbocycles. The van der Waals surface area contributed by atoms with E-state index in [9.17, 15) is 27.9 Å². The van der Waals surface area contributed by atoms with E-state index in [1.807, 2.05) is 0 Å². The van der Waals surface area contributed by atoms with Crippen molar-refractivity contribution in [3.05, 3.63) is 95.6 Å². The van der Waals surface area contributed by atoms with Crippen LogP contribution in [0.4, 0.5) is 13.2 Å². The number of benzene rings is 2. The SMILES string of the molecule is CCOC(=O)C1=C(C(F)(F)F)N=c2s/c(=C\c3ccc(O)cc3)c(=O)n2[C@H]1c1ccc(Cl)cc1.